The zero-order valence-electron chi connectivity index (χ0n) is 11.6. The Hall–Kier alpha value is -1.87. The maximum absolute atomic E-state index is 13.7. The van der Waals surface area contributed by atoms with Crippen LogP contribution in [0.5, 0.6) is 0 Å². The van der Waals surface area contributed by atoms with Crippen molar-refractivity contribution in [3.8, 4) is 0 Å². The van der Waals surface area contributed by atoms with Crippen molar-refractivity contribution in [3.63, 3.8) is 0 Å². The summed E-state index contributed by atoms with van der Waals surface area (Å²) in [4.78, 5) is 11.3. The van der Waals surface area contributed by atoms with Crippen molar-refractivity contribution in [1.29, 1.82) is 0 Å². The van der Waals surface area contributed by atoms with Crippen molar-refractivity contribution < 1.29 is 9.18 Å². The number of hydrogen-bond acceptors (Lipinski definition) is 2. The molecule has 0 heterocycles. The van der Waals surface area contributed by atoms with Gasteiger partial charge in [0.2, 0.25) is 0 Å². The van der Waals surface area contributed by atoms with E-state index in [4.69, 9.17) is 11.6 Å². The Morgan fingerprint density at radius 1 is 1.50 bits per heavy atom. The molecule has 1 aromatic carbocycles. The number of carbonyl (C=O) groups is 1. The fraction of sp³-hybridized carbons (Fsp3) is 0.188. The molecule has 0 aliphatic heterocycles. The summed E-state index contributed by atoms with van der Waals surface area (Å²) in [5, 5.41) is 2.92. The number of hydrogen-bond donors (Lipinski definition) is 1. The third-order valence-corrected chi connectivity index (χ3v) is 2.84. The van der Waals surface area contributed by atoms with Crippen LogP contribution in [-0.4, -0.2) is 5.78 Å². The van der Waals surface area contributed by atoms with Gasteiger partial charge in [-0.15, -0.1) is 0 Å². The Labute approximate surface area is 123 Å². The van der Waals surface area contributed by atoms with Crippen LogP contribution in [0, 0.1) is 6.92 Å². The molecule has 1 N–H and O–H groups in total. The lowest BCUT2D eigenvalue weighted by Crippen LogP contribution is -2.07. The van der Waals surface area contributed by atoms with Gasteiger partial charge in [-0.25, -0.2) is 4.39 Å². The number of ketones is 1. The minimum absolute atomic E-state index is 0.0260. The Morgan fingerprint density at radius 2 is 2.15 bits per heavy atom. The predicted molar refractivity (Wildman–Crippen MR) is 82.5 cm³/mol. The van der Waals surface area contributed by atoms with Crippen molar-refractivity contribution in [2.75, 3.05) is 5.32 Å². The molecule has 0 saturated carbocycles. The van der Waals surface area contributed by atoms with Crippen LogP contribution >= 0.6 is 11.6 Å². The highest BCUT2D eigenvalue weighted by molar-refractivity contribution is 6.32. The minimum atomic E-state index is -0.598. The van der Waals surface area contributed by atoms with Crippen molar-refractivity contribution in [2.45, 2.75) is 20.3 Å². The lowest BCUT2D eigenvalue weighted by Gasteiger charge is -2.14. The molecule has 0 aliphatic rings. The van der Waals surface area contributed by atoms with Gasteiger partial charge in [-0.05, 0) is 31.6 Å². The maximum Gasteiger partial charge on any atom is 0.147 e. The lowest BCUT2D eigenvalue weighted by molar-refractivity contribution is -0.116. The molecule has 0 aliphatic carbocycles. The van der Waals surface area contributed by atoms with Crippen molar-refractivity contribution in [1.82, 2.24) is 0 Å². The second kappa shape index (κ2) is 7.06. The molecule has 0 unspecified atom stereocenters. The standard InChI is InChI=1S/C16H17ClFNO/c1-5-14(18)16(12(4)17)19-15-7-6-10(2)8-13(15)9-11(3)20/h5-8,19H,1,4,9H2,2-3H3/b16-14-. The highest BCUT2D eigenvalue weighted by Gasteiger charge is 2.11. The molecule has 4 heteroatoms. The number of nitrogens with one attached hydrogen (secondary N) is 1. The zero-order chi connectivity index (χ0) is 15.3. The van der Waals surface area contributed by atoms with Gasteiger partial charge in [0, 0.05) is 12.1 Å². The first-order valence-electron chi connectivity index (χ1n) is 6.08. The first kappa shape index (κ1) is 16.2. The Morgan fingerprint density at radius 3 is 2.65 bits per heavy atom. The van der Waals surface area contributed by atoms with Crippen molar-refractivity contribution >= 4 is 23.1 Å². The third-order valence-electron chi connectivity index (χ3n) is 2.65. The Kier molecular flexibility index (Phi) is 5.71. The van der Waals surface area contributed by atoms with Crippen LogP contribution in [0.3, 0.4) is 0 Å². The topological polar surface area (TPSA) is 29.1 Å². The summed E-state index contributed by atoms with van der Waals surface area (Å²) in [6, 6.07) is 5.53. The molecular formula is C16H17ClFNO. The molecule has 1 aromatic rings. The average molecular weight is 294 g/mol. The molecular weight excluding hydrogens is 277 g/mol. The van der Waals surface area contributed by atoms with E-state index in [1.807, 2.05) is 19.1 Å². The summed E-state index contributed by atoms with van der Waals surface area (Å²) in [5.74, 6) is -0.572. The van der Waals surface area contributed by atoms with Crippen LogP contribution in [0.15, 0.2) is 54.0 Å². The van der Waals surface area contributed by atoms with E-state index in [0.717, 1.165) is 17.2 Å². The number of allylic oxidation sites excluding steroid dienone is 3. The molecule has 0 spiro atoms. The number of rotatable bonds is 6. The average Bonchev–Trinajstić information content (AvgIpc) is 2.36. The van der Waals surface area contributed by atoms with Crippen LogP contribution in [0.1, 0.15) is 18.1 Å². The quantitative estimate of drug-likeness (QED) is 0.773. The second-order valence-electron chi connectivity index (χ2n) is 4.50. The molecule has 2 nitrogen and oxygen atoms in total. The zero-order valence-corrected chi connectivity index (χ0v) is 12.4. The molecule has 0 aromatic heterocycles. The van der Waals surface area contributed by atoms with E-state index in [2.05, 4.69) is 18.5 Å². The summed E-state index contributed by atoms with van der Waals surface area (Å²) in [6.45, 7) is 10.3. The van der Waals surface area contributed by atoms with Crippen LogP contribution in [-0.2, 0) is 11.2 Å². The summed E-state index contributed by atoms with van der Waals surface area (Å²) < 4.78 is 13.7. The van der Waals surface area contributed by atoms with E-state index in [0.29, 0.717) is 5.69 Å². The smallest absolute Gasteiger partial charge is 0.147 e. The van der Waals surface area contributed by atoms with Crippen LogP contribution < -0.4 is 5.32 Å². The fourth-order valence-electron chi connectivity index (χ4n) is 1.75. The normalized spacial score (nSPS) is 11.6. The monoisotopic (exact) mass is 293 g/mol. The number of halogens is 2. The van der Waals surface area contributed by atoms with Gasteiger partial charge >= 0.3 is 0 Å². The molecule has 0 atom stereocenters. The van der Waals surface area contributed by atoms with E-state index >= 15 is 0 Å². The summed E-state index contributed by atoms with van der Waals surface area (Å²) in [6.07, 6.45) is 1.32. The highest BCUT2D eigenvalue weighted by atomic mass is 35.5. The lowest BCUT2D eigenvalue weighted by atomic mass is 10.0. The van der Waals surface area contributed by atoms with E-state index < -0.39 is 5.83 Å². The number of carbonyl (C=O) groups excluding carboxylic acids is 1. The first-order chi connectivity index (χ1) is 9.35. The fourth-order valence-corrected chi connectivity index (χ4v) is 1.89. The summed E-state index contributed by atoms with van der Waals surface area (Å²) in [7, 11) is 0. The first-order valence-corrected chi connectivity index (χ1v) is 6.46. The van der Waals surface area contributed by atoms with Crippen LogP contribution in [0.25, 0.3) is 0 Å². The predicted octanol–water partition coefficient (Wildman–Crippen LogP) is 4.66. The minimum Gasteiger partial charge on any atom is -0.352 e. The molecule has 0 fully saturated rings. The van der Waals surface area contributed by atoms with Gasteiger partial charge in [0.15, 0.2) is 0 Å². The molecule has 20 heavy (non-hydrogen) atoms. The maximum atomic E-state index is 13.7. The second-order valence-corrected chi connectivity index (χ2v) is 4.95. The van der Waals surface area contributed by atoms with E-state index in [1.165, 1.54) is 6.92 Å². The number of benzene rings is 1. The van der Waals surface area contributed by atoms with Gasteiger partial charge in [-0.1, -0.05) is 42.5 Å². The summed E-state index contributed by atoms with van der Waals surface area (Å²) in [5.41, 5.74) is 2.48. The van der Waals surface area contributed by atoms with E-state index in [1.54, 1.807) is 6.07 Å². The van der Waals surface area contributed by atoms with Gasteiger partial charge < -0.3 is 5.32 Å². The number of Topliss-reactive ketones (excluding diaryl/α,β-unsaturated/α-hetero) is 1. The van der Waals surface area contributed by atoms with E-state index in [9.17, 15) is 9.18 Å². The molecule has 1 rings (SSSR count). The summed E-state index contributed by atoms with van der Waals surface area (Å²) >= 11 is 5.79. The van der Waals surface area contributed by atoms with Crippen molar-refractivity contribution in [2.24, 2.45) is 0 Å². The molecule has 0 radical (unpaired) electrons. The van der Waals surface area contributed by atoms with Crippen molar-refractivity contribution in [3.05, 3.63) is 65.1 Å². The van der Waals surface area contributed by atoms with Gasteiger partial charge in [0.1, 0.15) is 11.6 Å². The van der Waals surface area contributed by atoms with Gasteiger partial charge in [0.05, 0.1) is 10.7 Å². The van der Waals surface area contributed by atoms with Crippen LogP contribution in [0.2, 0.25) is 0 Å². The SMILES string of the molecule is C=C/C(F)=C(/Nc1ccc(C)cc1CC(C)=O)C(=C)Cl. The van der Waals surface area contributed by atoms with Gasteiger partial charge in [-0.2, -0.15) is 0 Å². The molecule has 0 saturated heterocycles. The van der Waals surface area contributed by atoms with Gasteiger partial charge in [-0.3, -0.25) is 4.79 Å². The largest absolute Gasteiger partial charge is 0.352 e. The Balaban J connectivity index is 3.22. The van der Waals surface area contributed by atoms with Gasteiger partial charge in [0.25, 0.3) is 0 Å². The highest BCUT2D eigenvalue weighted by Crippen LogP contribution is 2.25. The molecule has 106 valence electrons. The number of aryl methyl sites for hydroxylation is 1. The third kappa shape index (κ3) is 4.35. The molecule has 0 amide bonds. The molecule has 0 bridgehead atoms. The Bertz CT molecular complexity index is 590. The number of anilines is 1. The van der Waals surface area contributed by atoms with Crippen LogP contribution in [0.4, 0.5) is 10.1 Å². The van der Waals surface area contributed by atoms with E-state index in [-0.39, 0.29) is 22.9 Å².